The highest BCUT2D eigenvalue weighted by Crippen LogP contribution is 2.34. The first-order valence-corrected chi connectivity index (χ1v) is 7.14. The zero-order valence-electron chi connectivity index (χ0n) is 11.3. The summed E-state index contributed by atoms with van der Waals surface area (Å²) in [6.07, 6.45) is -1.48. The average Bonchev–Trinajstić information content (AvgIpc) is 2.46. The molecular weight excluding hydrogens is 345 g/mol. The van der Waals surface area contributed by atoms with Crippen molar-refractivity contribution in [2.45, 2.75) is 18.6 Å². The Labute approximate surface area is 129 Å². The molecule has 2 rings (SSSR count). The Hall–Kier alpha value is -1.40. The molecule has 0 aliphatic rings. The largest absolute Gasteiger partial charge is 0.416 e. The molecule has 0 amide bonds. The summed E-state index contributed by atoms with van der Waals surface area (Å²) in [6, 6.07) is 8.08. The number of nitrogens with one attached hydrogen (secondary N) is 1. The van der Waals surface area contributed by atoms with Crippen molar-refractivity contribution in [1.82, 2.24) is 10.3 Å². The van der Waals surface area contributed by atoms with Crippen molar-refractivity contribution < 1.29 is 13.2 Å². The molecular formula is C15H14BrF3N2. The highest BCUT2D eigenvalue weighted by molar-refractivity contribution is 9.10. The molecule has 1 N–H and O–H groups in total. The molecule has 0 radical (unpaired) electrons. The van der Waals surface area contributed by atoms with Gasteiger partial charge in [-0.05, 0) is 42.8 Å². The Bertz CT molecular complexity index is 597. The molecule has 0 spiro atoms. The van der Waals surface area contributed by atoms with Gasteiger partial charge in [-0.3, -0.25) is 4.98 Å². The van der Waals surface area contributed by atoms with Gasteiger partial charge in [-0.2, -0.15) is 13.2 Å². The number of nitrogens with zero attached hydrogens (tertiary/aromatic N) is 1. The van der Waals surface area contributed by atoms with E-state index in [0.717, 1.165) is 16.1 Å². The van der Waals surface area contributed by atoms with Gasteiger partial charge in [-0.1, -0.05) is 28.1 Å². The van der Waals surface area contributed by atoms with Crippen LogP contribution in [0.3, 0.4) is 0 Å². The summed E-state index contributed by atoms with van der Waals surface area (Å²) in [5.41, 5.74) is 0.471. The smallest absolute Gasteiger partial charge is 0.313 e. The van der Waals surface area contributed by atoms with Crippen LogP contribution in [0.15, 0.2) is 47.2 Å². The SMILES string of the molecule is CNC(Cc1ccc(Br)cc1)c1cnccc1C(F)(F)F. The van der Waals surface area contributed by atoms with Crippen LogP contribution in [0, 0.1) is 0 Å². The van der Waals surface area contributed by atoms with Crippen molar-refractivity contribution >= 4 is 15.9 Å². The monoisotopic (exact) mass is 358 g/mol. The van der Waals surface area contributed by atoms with E-state index in [-0.39, 0.29) is 5.56 Å². The molecule has 0 fully saturated rings. The van der Waals surface area contributed by atoms with Crippen LogP contribution in [-0.4, -0.2) is 12.0 Å². The highest BCUT2D eigenvalue weighted by atomic mass is 79.9. The van der Waals surface area contributed by atoms with E-state index in [1.165, 1.54) is 12.4 Å². The Morgan fingerprint density at radius 3 is 2.43 bits per heavy atom. The van der Waals surface area contributed by atoms with E-state index in [4.69, 9.17) is 0 Å². The fraction of sp³-hybridized carbons (Fsp3) is 0.267. The maximum absolute atomic E-state index is 13.1. The first kappa shape index (κ1) is 16.0. The van der Waals surface area contributed by atoms with Crippen molar-refractivity contribution in [3.63, 3.8) is 0 Å². The first-order valence-electron chi connectivity index (χ1n) is 6.34. The maximum atomic E-state index is 13.1. The summed E-state index contributed by atoms with van der Waals surface area (Å²) in [4.78, 5) is 3.84. The van der Waals surface area contributed by atoms with Gasteiger partial charge in [0.2, 0.25) is 0 Å². The molecule has 0 saturated heterocycles. The highest BCUT2D eigenvalue weighted by Gasteiger charge is 2.35. The molecule has 1 unspecified atom stereocenters. The second-order valence-electron chi connectivity index (χ2n) is 4.63. The number of pyridine rings is 1. The van der Waals surface area contributed by atoms with Gasteiger partial charge in [0.1, 0.15) is 0 Å². The Morgan fingerprint density at radius 1 is 1.19 bits per heavy atom. The number of aromatic nitrogens is 1. The molecule has 112 valence electrons. The number of hydrogen-bond donors (Lipinski definition) is 1. The van der Waals surface area contributed by atoms with E-state index in [2.05, 4.69) is 26.2 Å². The van der Waals surface area contributed by atoms with Gasteiger partial charge in [0, 0.05) is 22.9 Å². The summed E-state index contributed by atoms with van der Waals surface area (Å²) in [7, 11) is 1.65. The zero-order valence-corrected chi connectivity index (χ0v) is 12.9. The van der Waals surface area contributed by atoms with Crippen LogP contribution in [0.4, 0.5) is 13.2 Å². The lowest BCUT2D eigenvalue weighted by atomic mass is 9.96. The summed E-state index contributed by atoms with van der Waals surface area (Å²) in [5, 5.41) is 2.94. The number of rotatable bonds is 4. The lowest BCUT2D eigenvalue weighted by Crippen LogP contribution is -2.23. The molecule has 2 aromatic rings. The van der Waals surface area contributed by atoms with Crippen LogP contribution >= 0.6 is 15.9 Å². The van der Waals surface area contributed by atoms with E-state index >= 15 is 0 Å². The molecule has 6 heteroatoms. The van der Waals surface area contributed by atoms with Crippen molar-refractivity contribution in [2.75, 3.05) is 7.05 Å². The van der Waals surface area contributed by atoms with E-state index in [1.807, 2.05) is 24.3 Å². The normalized spacial score (nSPS) is 13.2. The molecule has 1 aromatic carbocycles. The molecule has 0 saturated carbocycles. The molecule has 1 heterocycles. The lowest BCUT2D eigenvalue weighted by Gasteiger charge is -2.21. The van der Waals surface area contributed by atoms with Crippen LogP contribution in [-0.2, 0) is 12.6 Å². The standard InChI is InChI=1S/C15H14BrF3N2/c1-20-14(8-10-2-4-11(16)5-3-10)12-9-21-7-6-13(12)15(17,18)19/h2-7,9,14,20H,8H2,1H3. The quantitative estimate of drug-likeness (QED) is 0.877. The molecule has 0 aliphatic carbocycles. The van der Waals surface area contributed by atoms with Crippen LogP contribution in [0.1, 0.15) is 22.7 Å². The van der Waals surface area contributed by atoms with E-state index < -0.39 is 17.8 Å². The molecule has 0 bridgehead atoms. The van der Waals surface area contributed by atoms with E-state index in [0.29, 0.717) is 6.42 Å². The van der Waals surface area contributed by atoms with Gasteiger partial charge in [-0.25, -0.2) is 0 Å². The van der Waals surface area contributed by atoms with Gasteiger partial charge < -0.3 is 5.32 Å². The second-order valence-corrected chi connectivity index (χ2v) is 5.55. The Kier molecular flexibility index (Phi) is 5.00. The molecule has 0 aliphatic heterocycles. The minimum atomic E-state index is -4.38. The van der Waals surface area contributed by atoms with Crippen molar-refractivity contribution in [1.29, 1.82) is 0 Å². The molecule has 2 nitrogen and oxygen atoms in total. The topological polar surface area (TPSA) is 24.9 Å². The van der Waals surface area contributed by atoms with Crippen LogP contribution < -0.4 is 5.32 Å². The maximum Gasteiger partial charge on any atom is 0.416 e. The van der Waals surface area contributed by atoms with E-state index in [9.17, 15) is 13.2 Å². The van der Waals surface area contributed by atoms with Gasteiger partial charge in [0.15, 0.2) is 0 Å². The number of benzene rings is 1. The first-order chi connectivity index (χ1) is 9.91. The van der Waals surface area contributed by atoms with Crippen LogP contribution in [0.25, 0.3) is 0 Å². The Morgan fingerprint density at radius 2 is 1.86 bits per heavy atom. The van der Waals surface area contributed by atoms with E-state index in [1.54, 1.807) is 7.05 Å². The second kappa shape index (κ2) is 6.58. The van der Waals surface area contributed by atoms with Gasteiger partial charge in [-0.15, -0.1) is 0 Å². The minimum absolute atomic E-state index is 0.162. The third-order valence-electron chi connectivity index (χ3n) is 3.23. The van der Waals surface area contributed by atoms with Gasteiger partial charge >= 0.3 is 6.18 Å². The predicted octanol–water partition coefficient (Wildman–Crippen LogP) is 4.37. The van der Waals surface area contributed by atoms with Crippen LogP contribution in [0.5, 0.6) is 0 Å². The summed E-state index contributed by atoms with van der Waals surface area (Å²) < 4.78 is 40.2. The summed E-state index contributed by atoms with van der Waals surface area (Å²) in [6.45, 7) is 0. The van der Waals surface area contributed by atoms with Gasteiger partial charge in [0.25, 0.3) is 0 Å². The van der Waals surface area contributed by atoms with Crippen molar-refractivity contribution in [3.8, 4) is 0 Å². The van der Waals surface area contributed by atoms with Crippen LogP contribution in [0.2, 0.25) is 0 Å². The lowest BCUT2D eigenvalue weighted by molar-refractivity contribution is -0.138. The predicted molar refractivity (Wildman–Crippen MR) is 78.9 cm³/mol. The Balaban J connectivity index is 2.32. The summed E-state index contributed by atoms with van der Waals surface area (Å²) >= 11 is 3.34. The third kappa shape index (κ3) is 4.04. The number of alkyl halides is 3. The fourth-order valence-electron chi connectivity index (χ4n) is 2.17. The zero-order chi connectivity index (χ0) is 15.5. The molecule has 21 heavy (non-hydrogen) atoms. The number of halogens is 4. The summed E-state index contributed by atoms with van der Waals surface area (Å²) in [5.74, 6) is 0. The fourth-order valence-corrected chi connectivity index (χ4v) is 2.43. The molecule has 1 atom stereocenters. The number of likely N-dealkylation sites (N-methyl/N-ethyl adjacent to an activating group) is 1. The minimum Gasteiger partial charge on any atom is -0.313 e. The third-order valence-corrected chi connectivity index (χ3v) is 3.76. The number of hydrogen-bond acceptors (Lipinski definition) is 2. The molecule has 1 aromatic heterocycles. The van der Waals surface area contributed by atoms with Crippen molar-refractivity contribution in [3.05, 3.63) is 63.9 Å². The van der Waals surface area contributed by atoms with Gasteiger partial charge in [0.05, 0.1) is 5.56 Å². The van der Waals surface area contributed by atoms with Crippen molar-refractivity contribution in [2.24, 2.45) is 0 Å². The average molecular weight is 359 g/mol.